The van der Waals surface area contributed by atoms with Crippen molar-refractivity contribution in [1.82, 2.24) is 4.90 Å². The van der Waals surface area contributed by atoms with Crippen molar-refractivity contribution in [2.24, 2.45) is 0 Å². The third-order valence-corrected chi connectivity index (χ3v) is 4.81. The average Bonchev–Trinajstić information content (AvgIpc) is 2.65. The maximum Gasteiger partial charge on any atom is 0.238 e. The van der Waals surface area contributed by atoms with Crippen molar-refractivity contribution in [2.75, 3.05) is 25.0 Å². The number of hydrogen-bond acceptors (Lipinski definition) is 2. The largest absolute Gasteiger partial charge is 0.324 e. The van der Waals surface area contributed by atoms with Gasteiger partial charge in [-0.2, -0.15) is 0 Å². The van der Waals surface area contributed by atoms with E-state index < -0.39 is 0 Å². The number of rotatable bonds is 5. The van der Waals surface area contributed by atoms with Crippen LogP contribution in [0.15, 0.2) is 54.6 Å². The molecule has 25 heavy (non-hydrogen) atoms. The first-order valence-corrected chi connectivity index (χ1v) is 9.02. The van der Waals surface area contributed by atoms with E-state index in [1.165, 1.54) is 16.7 Å². The van der Waals surface area contributed by atoms with E-state index in [9.17, 15) is 4.79 Å². The quantitative estimate of drug-likeness (QED) is 0.885. The van der Waals surface area contributed by atoms with Gasteiger partial charge in [0.1, 0.15) is 0 Å². The van der Waals surface area contributed by atoms with Crippen LogP contribution in [0.25, 0.3) is 5.57 Å². The second-order valence-electron chi connectivity index (χ2n) is 6.59. The highest BCUT2D eigenvalue weighted by Crippen LogP contribution is 2.23. The highest BCUT2D eigenvalue weighted by atomic mass is 16.2. The summed E-state index contributed by atoms with van der Waals surface area (Å²) in [7, 11) is 0. The van der Waals surface area contributed by atoms with E-state index in [1.807, 2.05) is 25.1 Å². The number of amides is 1. The molecule has 0 spiro atoms. The molecule has 3 rings (SSSR count). The maximum atomic E-state index is 12.5. The van der Waals surface area contributed by atoms with Crippen LogP contribution in [-0.4, -0.2) is 30.4 Å². The topological polar surface area (TPSA) is 32.3 Å². The molecule has 1 heterocycles. The zero-order chi connectivity index (χ0) is 17.6. The maximum absolute atomic E-state index is 12.5. The van der Waals surface area contributed by atoms with Crippen LogP contribution in [-0.2, 0) is 11.2 Å². The van der Waals surface area contributed by atoms with Gasteiger partial charge in [0.15, 0.2) is 0 Å². The van der Waals surface area contributed by atoms with Crippen LogP contribution in [0.3, 0.4) is 0 Å². The van der Waals surface area contributed by atoms with Gasteiger partial charge in [-0.25, -0.2) is 0 Å². The second kappa shape index (κ2) is 8.13. The van der Waals surface area contributed by atoms with Crippen molar-refractivity contribution < 1.29 is 4.79 Å². The Balaban J connectivity index is 1.59. The van der Waals surface area contributed by atoms with Crippen molar-refractivity contribution in [3.63, 3.8) is 0 Å². The highest BCUT2D eigenvalue weighted by molar-refractivity contribution is 5.93. The van der Waals surface area contributed by atoms with E-state index in [-0.39, 0.29) is 5.91 Å². The Morgan fingerprint density at radius 1 is 1.12 bits per heavy atom. The number of hydrogen-bond donors (Lipinski definition) is 1. The molecule has 3 heteroatoms. The first-order valence-electron chi connectivity index (χ1n) is 9.02. The lowest BCUT2D eigenvalue weighted by molar-refractivity contribution is -0.117. The third-order valence-electron chi connectivity index (χ3n) is 4.81. The number of aryl methyl sites for hydroxylation is 2. The SMILES string of the molecule is CCc1cccc(C)c1NC(=O)CN1CC=C(c2ccccc2)CC1. The van der Waals surface area contributed by atoms with Crippen LogP contribution < -0.4 is 5.32 Å². The lowest BCUT2D eigenvalue weighted by Gasteiger charge is -2.26. The number of nitrogens with one attached hydrogen (secondary N) is 1. The van der Waals surface area contributed by atoms with Crippen LogP contribution >= 0.6 is 0 Å². The molecule has 0 saturated heterocycles. The third kappa shape index (κ3) is 4.37. The summed E-state index contributed by atoms with van der Waals surface area (Å²) in [6.45, 7) is 6.35. The normalized spacial score (nSPS) is 14.9. The average molecular weight is 334 g/mol. The number of carbonyl (C=O) groups is 1. The van der Waals surface area contributed by atoms with Crippen LogP contribution in [0, 0.1) is 6.92 Å². The molecule has 2 aromatic carbocycles. The number of anilines is 1. The van der Waals surface area contributed by atoms with Crippen molar-refractivity contribution >= 4 is 17.2 Å². The van der Waals surface area contributed by atoms with Crippen molar-refractivity contribution in [2.45, 2.75) is 26.7 Å². The van der Waals surface area contributed by atoms with Gasteiger partial charge in [0.25, 0.3) is 0 Å². The highest BCUT2D eigenvalue weighted by Gasteiger charge is 2.16. The van der Waals surface area contributed by atoms with E-state index in [1.54, 1.807) is 0 Å². The summed E-state index contributed by atoms with van der Waals surface area (Å²) in [4.78, 5) is 14.7. The summed E-state index contributed by atoms with van der Waals surface area (Å²) >= 11 is 0. The first-order chi connectivity index (χ1) is 12.2. The standard InChI is InChI=1S/C22H26N2O/c1-3-18-11-7-8-17(2)22(18)23-21(25)16-24-14-12-20(13-15-24)19-9-5-4-6-10-19/h4-12H,3,13-16H2,1-2H3,(H,23,25). The summed E-state index contributed by atoms with van der Waals surface area (Å²) in [5, 5.41) is 3.12. The van der Waals surface area contributed by atoms with Gasteiger partial charge in [-0.15, -0.1) is 0 Å². The van der Waals surface area contributed by atoms with Gasteiger partial charge in [0.2, 0.25) is 5.91 Å². The van der Waals surface area contributed by atoms with E-state index in [0.717, 1.165) is 37.2 Å². The van der Waals surface area contributed by atoms with Gasteiger partial charge < -0.3 is 5.32 Å². The van der Waals surface area contributed by atoms with Gasteiger partial charge in [0.05, 0.1) is 6.54 Å². The predicted molar refractivity (Wildman–Crippen MR) is 105 cm³/mol. The van der Waals surface area contributed by atoms with Gasteiger partial charge in [-0.05, 0) is 42.0 Å². The molecule has 0 atom stereocenters. The molecule has 0 aromatic heterocycles. The number of benzene rings is 2. The predicted octanol–water partition coefficient (Wildman–Crippen LogP) is 4.29. The Morgan fingerprint density at radius 3 is 2.60 bits per heavy atom. The molecule has 0 saturated carbocycles. The van der Waals surface area contributed by atoms with Gasteiger partial charge in [-0.3, -0.25) is 9.69 Å². The Hall–Kier alpha value is -2.39. The van der Waals surface area contributed by atoms with Gasteiger partial charge in [-0.1, -0.05) is 61.5 Å². The molecule has 2 aromatic rings. The molecule has 1 amide bonds. The fraction of sp³-hybridized carbons (Fsp3) is 0.318. The molecular weight excluding hydrogens is 308 g/mol. The van der Waals surface area contributed by atoms with Crippen LogP contribution in [0.4, 0.5) is 5.69 Å². The Morgan fingerprint density at radius 2 is 1.92 bits per heavy atom. The van der Waals surface area contributed by atoms with E-state index in [0.29, 0.717) is 6.54 Å². The molecule has 0 fully saturated rings. The minimum Gasteiger partial charge on any atom is -0.324 e. The summed E-state index contributed by atoms with van der Waals surface area (Å²) in [6, 6.07) is 16.7. The summed E-state index contributed by atoms with van der Waals surface area (Å²) in [6.07, 6.45) is 4.16. The Labute approximate surface area is 150 Å². The molecule has 3 nitrogen and oxygen atoms in total. The zero-order valence-corrected chi connectivity index (χ0v) is 15.1. The lowest BCUT2D eigenvalue weighted by Crippen LogP contribution is -2.36. The molecule has 0 unspecified atom stereocenters. The van der Waals surface area contributed by atoms with Crippen molar-refractivity contribution in [3.8, 4) is 0 Å². The fourth-order valence-corrected chi connectivity index (χ4v) is 3.35. The smallest absolute Gasteiger partial charge is 0.238 e. The Bertz CT molecular complexity index is 765. The number of nitrogens with zero attached hydrogens (tertiary/aromatic N) is 1. The van der Waals surface area contributed by atoms with E-state index >= 15 is 0 Å². The van der Waals surface area contributed by atoms with Crippen LogP contribution in [0.2, 0.25) is 0 Å². The Kier molecular flexibility index (Phi) is 5.67. The van der Waals surface area contributed by atoms with Gasteiger partial charge in [0, 0.05) is 18.8 Å². The van der Waals surface area contributed by atoms with Crippen LogP contribution in [0.1, 0.15) is 30.0 Å². The molecule has 1 aliphatic rings. The molecule has 0 aliphatic carbocycles. The number of para-hydroxylation sites is 1. The summed E-state index contributed by atoms with van der Waals surface area (Å²) < 4.78 is 0. The zero-order valence-electron chi connectivity index (χ0n) is 15.1. The molecular formula is C22H26N2O. The number of carbonyl (C=O) groups excluding carboxylic acids is 1. The minimum atomic E-state index is 0.0700. The van der Waals surface area contributed by atoms with Crippen molar-refractivity contribution in [1.29, 1.82) is 0 Å². The molecule has 130 valence electrons. The fourth-order valence-electron chi connectivity index (χ4n) is 3.35. The van der Waals surface area contributed by atoms with Crippen molar-refractivity contribution in [3.05, 3.63) is 71.3 Å². The molecule has 1 N–H and O–H groups in total. The van der Waals surface area contributed by atoms with E-state index in [4.69, 9.17) is 0 Å². The van der Waals surface area contributed by atoms with Crippen LogP contribution in [0.5, 0.6) is 0 Å². The molecule has 1 aliphatic heterocycles. The van der Waals surface area contributed by atoms with E-state index in [2.05, 4.69) is 53.5 Å². The monoisotopic (exact) mass is 334 g/mol. The second-order valence-corrected chi connectivity index (χ2v) is 6.59. The lowest BCUT2D eigenvalue weighted by atomic mass is 9.99. The first kappa shape index (κ1) is 17.4. The van der Waals surface area contributed by atoms with Gasteiger partial charge >= 0.3 is 0 Å². The summed E-state index contributed by atoms with van der Waals surface area (Å²) in [5.41, 5.74) is 5.96. The molecule has 0 bridgehead atoms. The summed E-state index contributed by atoms with van der Waals surface area (Å²) in [5.74, 6) is 0.0700. The molecule has 0 radical (unpaired) electrons. The minimum absolute atomic E-state index is 0.0700.